The minimum atomic E-state index is -0.0672. The van der Waals surface area contributed by atoms with E-state index in [9.17, 15) is 4.79 Å². The summed E-state index contributed by atoms with van der Waals surface area (Å²) >= 11 is 1.44. The molecule has 0 unspecified atom stereocenters. The number of aryl methyl sites for hydroxylation is 1. The van der Waals surface area contributed by atoms with Crippen LogP contribution in [0.4, 0.5) is 0 Å². The van der Waals surface area contributed by atoms with Crippen LogP contribution < -0.4 is 14.8 Å². The van der Waals surface area contributed by atoms with Crippen molar-refractivity contribution in [3.63, 3.8) is 0 Å². The molecule has 0 saturated carbocycles. The molecule has 0 radical (unpaired) electrons. The highest BCUT2D eigenvalue weighted by atomic mass is 32.1. The number of hydrogen-bond acceptors (Lipinski definition) is 4. The predicted octanol–water partition coefficient (Wildman–Crippen LogP) is 3.00. The highest BCUT2D eigenvalue weighted by molar-refractivity contribution is 7.12. The van der Waals surface area contributed by atoms with Gasteiger partial charge in [-0.3, -0.25) is 4.79 Å². The molecule has 1 amide bonds. The van der Waals surface area contributed by atoms with E-state index in [2.05, 4.69) is 5.32 Å². The molecule has 0 atom stereocenters. The maximum absolute atomic E-state index is 12.1. The maximum atomic E-state index is 12.1. The predicted molar refractivity (Wildman–Crippen MR) is 79.8 cm³/mol. The molecule has 106 valence electrons. The van der Waals surface area contributed by atoms with Crippen LogP contribution in [0.25, 0.3) is 0 Å². The van der Waals surface area contributed by atoms with Crippen molar-refractivity contribution in [1.82, 2.24) is 5.32 Å². The average Bonchev–Trinajstić information content (AvgIpc) is 2.90. The van der Waals surface area contributed by atoms with Gasteiger partial charge in [0.1, 0.15) is 0 Å². The van der Waals surface area contributed by atoms with E-state index in [0.29, 0.717) is 18.0 Å². The fourth-order valence-electron chi connectivity index (χ4n) is 1.95. The monoisotopic (exact) mass is 291 g/mol. The molecule has 0 bridgehead atoms. The van der Waals surface area contributed by atoms with Crippen molar-refractivity contribution in [2.24, 2.45) is 0 Å². The van der Waals surface area contributed by atoms with E-state index in [4.69, 9.17) is 9.47 Å². The lowest BCUT2D eigenvalue weighted by atomic mass is 10.2. The van der Waals surface area contributed by atoms with E-state index in [1.807, 2.05) is 36.6 Å². The highest BCUT2D eigenvalue weighted by Gasteiger charge is 2.13. The van der Waals surface area contributed by atoms with E-state index < -0.39 is 0 Å². The zero-order valence-corrected chi connectivity index (χ0v) is 12.5. The van der Waals surface area contributed by atoms with Gasteiger partial charge >= 0.3 is 0 Å². The minimum absolute atomic E-state index is 0.0672. The van der Waals surface area contributed by atoms with Gasteiger partial charge in [0.25, 0.3) is 5.91 Å². The first-order chi connectivity index (χ1) is 9.67. The second kappa shape index (κ2) is 6.43. The van der Waals surface area contributed by atoms with Crippen LogP contribution in [0.15, 0.2) is 29.6 Å². The number of carbonyl (C=O) groups excluding carboxylic acids is 1. The molecule has 0 aliphatic rings. The van der Waals surface area contributed by atoms with E-state index in [1.165, 1.54) is 11.3 Å². The number of carbonyl (C=O) groups is 1. The van der Waals surface area contributed by atoms with Crippen LogP contribution in [0.3, 0.4) is 0 Å². The molecular formula is C15H17NO3S. The number of benzene rings is 1. The normalized spacial score (nSPS) is 10.2. The first-order valence-electron chi connectivity index (χ1n) is 6.19. The third-order valence-corrected chi connectivity index (χ3v) is 4.01. The van der Waals surface area contributed by atoms with Crippen molar-refractivity contribution in [1.29, 1.82) is 0 Å². The van der Waals surface area contributed by atoms with Crippen molar-refractivity contribution in [3.05, 3.63) is 45.6 Å². The second-order valence-electron chi connectivity index (χ2n) is 4.27. The van der Waals surface area contributed by atoms with Crippen LogP contribution >= 0.6 is 11.3 Å². The Hall–Kier alpha value is -2.01. The molecule has 0 aliphatic heterocycles. The number of ether oxygens (including phenoxy) is 2. The van der Waals surface area contributed by atoms with Gasteiger partial charge in [-0.15, -0.1) is 11.3 Å². The van der Waals surface area contributed by atoms with Crippen LogP contribution in [-0.4, -0.2) is 20.1 Å². The van der Waals surface area contributed by atoms with Crippen LogP contribution in [0.1, 0.15) is 20.8 Å². The van der Waals surface area contributed by atoms with Crippen LogP contribution in [0.5, 0.6) is 11.5 Å². The standard InChI is InChI=1S/C15H17NO3S/c1-10-7-8-20-14(10)15(17)16-9-11-5-4-6-12(18-2)13(11)19-3/h4-8H,9H2,1-3H3,(H,16,17). The summed E-state index contributed by atoms with van der Waals surface area (Å²) in [5, 5.41) is 4.82. The molecule has 2 aromatic rings. The quantitative estimate of drug-likeness (QED) is 0.921. The molecule has 0 spiro atoms. The van der Waals surface area contributed by atoms with Gasteiger partial charge in [0, 0.05) is 12.1 Å². The Morgan fingerprint density at radius 1 is 1.25 bits per heavy atom. The number of thiophene rings is 1. The van der Waals surface area contributed by atoms with Crippen molar-refractivity contribution in [2.45, 2.75) is 13.5 Å². The third-order valence-electron chi connectivity index (χ3n) is 2.99. The smallest absolute Gasteiger partial charge is 0.261 e. The highest BCUT2D eigenvalue weighted by Crippen LogP contribution is 2.30. The maximum Gasteiger partial charge on any atom is 0.261 e. The van der Waals surface area contributed by atoms with Crippen LogP contribution in [0.2, 0.25) is 0 Å². The lowest BCUT2D eigenvalue weighted by Crippen LogP contribution is -2.22. The van der Waals surface area contributed by atoms with Crippen LogP contribution in [-0.2, 0) is 6.54 Å². The van der Waals surface area contributed by atoms with Crippen molar-refractivity contribution in [2.75, 3.05) is 14.2 Å². The number of nitrogens with one attached hydrogen (secondary N) is 1. The summed E-state index contributed by atoms with van der Waals surface area (Å²) in [4.78, 5) is 12.8. The topological polar surface area (TPSA) is 47.6 Å². The Balaban J connectivity index is 2.12. The summed E-state index contributed by atoms with van der Waals surface area (Å²) < 4.78 is 10.6. The average molecular weight is 291 g/mol. The largest absolute Gasteiger partial charge is 0.493 e. The number of para-hydroxylation sites is 1. The molecule has 5 heteroatoms. The molecule has 0 aliphatic carbocycles. The van der Waals surface area contributed by atoms with Gasteiger partial charge in [0.2, 0.25) is 0 Å². The second-order valence-corrected chi connectivity index (χ2v) is 5.18. The summed E-state index contributed by atoms with van der Waals surface area (Å²) in [7, 11) is 3.18. The number of hydrogen-bond donors (Lipinski definition) is 1. The Bertz CT molecular complexity index is 607. The Kier molecular flexibility index (Phi) is 4.63. The first kappa shape index (κ1) is 14.4. The summed E-state index contributed by atoms with van der Waals surface area (Å²) in [6, 6.07) is 7.54. The zero-order chi connectivity index (χ0) is 14.5. The summed E-state index contributed by atoms with van der Waals surface area (Å²) in [5.41, 5.74) is 1.87. The molecule has 0 saturated heterocycles. The molecule has 4 nitrogen and oxygen atoms in total. The van der Waals surface area contributed by atoms with Gasteiger partial charge in [-0.2, -0.15) is 0 Å². The molecule has 1 heterocycles. The molecule has 1 aromatic heterocycles. The summed E-state index contributed by atoms with van der Waals surface area (Å²) in [6.45, 7) is 2.33. The van der Waals surface area contributed by atoms with E-state index >= 15 is 0 Å². The molecule has 2 rings (SSSR count). The summed E-state index contributed by atoms with van der Waals surface area (Å²) in [6.07, 6.45) is 0. The van der Waals surface area contributed by atoms with Crippen LogP contribution in [0, 0.1) is 6.92 Å². The van der Waals surface area contributed by atoms with Crippen molar-refractivity contribution < 1.29 is 14.3 Å². The lowest BCUT2D eigenvalue weighted by Gasteiger charge is -2.13. The fraction of sp³-hybridized carbons (Fsp3) is 0.267. The minimum Gasteiger partial charge on any atom is -0.493 e. The van der Waals surface area contributed by atoms with Gasteiger partial charge in [0.15, 0.2) is 11.5 Å². The van der Waals surface area contributed by atoms with Gasteiger partial charge in [-0.1, -0.05) is 12.1 Å². The van der Waals surface area contributed by atoms with Gasteiger partial charge in [-0.25, -0.2) is 0 Å². The Labute approximate surface area is 122 Å². The Morgan fingerprint density at radius 3 is 2.65 bits per heavy atom. The first-order valence-corrected chi connectivity index (χ1v) is 7.07. The van der Waals surface area contributed by atoms with E-state index in [1.54, 1.807) is 14.2 Å². The molecule has 1 aromatic carbocycles. The lowest BCUT2D eigenvalue weighted by molar-refractivity contribution is 0.0954. The summed E-state index contributed by atoms with van der Waals surface area (Å²) in [5.74, 6) is 1.24. The van der Waals surface area contributed by atoms with Gasteiger partial charge in [-0.05, 0) is 30.0 Å². The van der Waals surface area contributed by atoms with Crippen molar-refractivity contribution in [3.8, 4) is 11.5 Å². The zero-order valence-electron chi connectivity index (χ0n) is 11.7. The number of rotatable bonds is 5. The van der Waals surface area contributed by atoms with E-state index in [-0.39, 0.29) is 5.91 Å². The fourth-order valence-corrected chi connectivity index (χ4v) is 2.80. The van der Waals surface area contributed by atoms with Gasteiger partial charge < -0.3 is 14.8 Å². The van der Waals surface area contributed by atoms with Crippen molar-refractivity contribution >= 4 is 17.2 Å². The SMILES string of the molecule is COc1cccc(CNC(=O)c2sccc2C)c1OC. The number of methoxy groups -OCH3 is 2. The Morgan fingerprint density at radius 2 is 2.05 bits per heavy atom. The molecule has 20 heavy (non-hydrogen) atoms. The molecule has 1 N–H and O–H groups in total. The third kappa shape index (κ3) is 2.93. The molecular weight excluding hydrogens is 274 g/mol. The number of amides is 1. The van der Waals surface area contributed by atoms with E-state index in [0.717, 1.165) is 16.0 Å². The van der Waals surface area contributed by atoms with Gasteiger partial charge in [0.05, 0.1) is 19.1 Å². The molecule has 0 fully saturated rings.